The molecule has 0 nitrogen and oxygen atoms in total. The first-order valence-corrected chi connectivity index (χ1v) is 15.8. The van der Waals surface area contributed by atoms with E-state index >= 15 is 0 Å². The Balaban J connectivity index is 0.000000483. The fourth-order valence-electron chi connectivity index (χ4n) is 4.63. The van der Waals surface area contributed by atoms with E-state index in [0.717, 1.165) is 0 Å². The van der Waals surface area contributed by atoms with Crippen LogP contribution in [0.1, 0.15) is 118 Å². The summed E-state index contributed by atoms with van der Waals surface area (Å²) >= 11 is 0. The van der Waals surface area contributed by atoms with Crippen molar-refractivity contribution in [1.29, 1.82) is 0 Å². The molecule has 0 aromatic rings. The van der Waals surface area contributed by atoms with E-state index in [-0.39, 0.29) is 16.8 Å². The summed E-state index contributed by atoms with van der Waals surface area (Å²) in [4.78, 5) is 0. The zero-order chi connectivity index (χ0) is 19.0. The van der Waals surface area contributed by atoms with Crippen LogP contribution in [0.5, 0.6) is 0 Å². The minimum atomic E-state index is 0. The summed E-state index contributed by atoms with van der Waals surface area (Å²) in [6.07, 6.45) is 27.2. The van der Waals surface area contributed by atoms with Gasteiger partial charge in [-0.15, -0.1) is 15.8 Å². The van der Waals surface area contributed by atoms with Gasteiger partial charge in [0.1, 0.15) is 0 Å². The average molecular weight is 460 g/mol. The first-order valence-electron chi connectivity index (χ1n) is 12.2. The molecule has 0 aromatic heterocycles. The Morgan fingerprint density at radius 1 is 0.593 bits per heavy atom. The molecule has 2 aliphatic heterocycles. The zero-order valence-corrected chi connectivity index (χ0v) is 21.9. The number of unbranched alkanes of at least 4 members (excludes halogenated alkanes) is 4. The Morgan fingerprint density at radius 2 is 0.963 bits per heavy atom. The smallest absolute Gasteiger partial charge is 0 e. The Hall–Kier alpha value is 1.37. The molecule has 4 atom stereocenters. The molecule has 0 saturated carbocycles. The molecule has 0 spiro atoms. The normalized spacial score (nSPS) is 27.1. The van der Waals surface area contributed by atoms with Crippen molar-refractivity contribution in [3.05, 3.63) is 0 Å². The van der Waals surface area contributed by atoms with Crippen molar-refractivity contribution in [3.63, 3.8) is 0 Å². The first kappa shape index (κ1) is 28.4. The zero-order valence-electron chi connectivity index (χ0n) is 19.1. The van der Waals surface area contributed by atoms with Gasteiger partial charge >= 0.3 is 0 Å². The Kier molecular flexibility index (Phi) is 20.3. The standard InChI is InChI=1S/2C12H25P.Co/c2*1-3-5-8-12-9-7-11-13(12)10-6-4-2;/h2*12H,3-11H2,1-2H3;. The Morgan fingerprint density at radius 3 is 1.30 bits per heavy atom. The molecule has 3 heteroatoms. The molecule has 4 unspecified atom stereocenters. The molecule has 27 heavy (non-hydrogen) atoms. The molecule has 0 amide bonds. The summed E-state index contributed by atoms with van der Waals surface area (Å²) in [5.41, 5.74) is 2.34. The SMILES string of the molecule is CCCCC1CCCP1CCCC.CCCCC1CCCP1CCCC.[Co]. The van der Waals surface area contributed by atoms with Gasteiger partial charge in [-0.3, -0.25) is 0 Å². The predicted molar refractivity (Wildman–Crippen MR) is 128 cm³/mol. The molecule has 1 radical (unpaired) electrons. The van der Waals surface area contributed by atoms with E-state index < -0.39 is 0 Å². The summed E-state index contributed by atoms with van der Waals surface area (Å²) in [7, 11) is 0.948. The minimum Gasteiger partial charge on any atom is -0.104 e. The monoisotopic (exact) mass is 459 g/mol. The number of hydrogen-bond acceptors (Lipinski definition) is 0. The quantitative estimate of drug-likeness (QED) is 0.255. The van der Waals surface area contributed by atoms with Gasteiger partial charge in [-0.1, -0.05) is 66.2 Å². The predicted octanol–water partition coefficient (Wildman–Crippen LogP) is 9.24. The van der Waals surface area contributed by atoms with Gasteiger partial charge in [-0.05, 0) is 87.3 Å². The maximum Gasteiger partial charge on any atom is 0 e. The number of hydrogen-bond donors (Lipinski definition) is 0. The molecule has 2 fully saturated rings. The molecule has 2 aliphatic rings. The minimum absolute atomic E-state index is 0. The van der Waals surface area contributed by atoms with Crippen molar-refractivity contribution in [1.82, 2.24) is 0 Å². The summed E-state index contributed by atoms with van der Waals surface area (Å²) in [6, 6.07) is 0. The second kappa shape index (κ2) is 19.3. The molecule has 0 N–H and O–H groups in total. The van der Waals surface area contributed by atoms with Crippen LogP contribution in [0.15, 0.2) is 0 Å². The maximum absolute atomic E-state index is 2.33. The van der Waals surface area contributed by atoms with Gasteiger partial charge in [0.15, 0.2) is 0 Å². The Labute approximate surface area is 185 Å². The van der Waals surface area contributed by atoms with Gasteiger partial charge < -0.3 is 0 Å². The summed E-state index contributed by atoms with van der Waals surface area (Å²) in [6.45, 7) is 9.30. The molecule has 0 aliphatic carbocycles. The van der Waals surface area contributed by atoms with Crippen molar-refractivity contribution in [2.75, 3.05) is 24.6 Å². The maximum atomic E-state index is 2.33. The molecule has 2 saturated heterocycles. The Bertz CT molecular complexity index is 253. The number of rotatable bonds is 12. The van der Waals surface area contributed by atoms with E-state index in [4.69, 9.17) is 0 Å². The van der Waals surface area contributed by atoms with Crippen LogP contribution in [-0.4, -0.2) is 36.0 Å². The van der Waals surface area contributed by atoms with Gasteiger partial charge in [0.25, 0.3) is 0 Å². The van der Waals surface area contributed by atoms with E-state index in [0.29, 0.717) is 15.8 Å². The van der Waals surface area contributed by atoms with Crippen LogP contribution in [0.2, 0.25) is 0 Å². The molecule has 0 aromatic carbocycles. The second-order valence-corrected chi connectivity index (χ2v) is 14.3. The van der Waals surface area contributed by atoms with Crippen LogP contribution in [0.3, 0.4) is 0 Å². The van der Waals surface area contributed by atoms with E-state index in [9.17, 15) is 0 Å². The third-order valence-corrected chi connectivity index (χ3v) is 13.0. The van der Waals surface area contributed by atoms with Crippen LogP contribution < -0.4 is 0 Å². The van der Waals surface area contributed by atoms with Gasteiger partial charge in [-0.25, -0.2) is 0 Å². The molecule has 2 heterocycles. The van der Waals surface area contributed by atoms with Crippen molar-refractivity contribution < 1.29 is 16.8 Å². The summed E-state index contributed by atoms with van der Waals surface area (Å²) in [5, 5.41) is 0. The average Bonchev–Trinajstić information content (AvgIpc) is 3.30. The van der Waals surface area contributed by atoms with Gasteiger partial charge in [0.05, 0.1) is 0 Å². The van der Waals surface area contributed by atoms with E-state index in [1.807, 2.05) is 0 Å². The van der Waals surface area contributed by atoms with E-state index in [2.05, 4.69) is 27.7 Å². The van der Waals surface area contributed by atoms with Crippen molar-refractivity contribution in [3.8, 4) is 0 Å². The molecule has 0 bridgehead atoms. The molecule has 2 rings (SSSR count). The summed E-state index contributed by atoms with van der Waals surface area (Å²) in [5.74, 6) is 0. The first-order chi connectivity index (χ1) is 12.8. The van der Waals surface area contributed by atoms with Gasteiger partial charge in [0, 0.05) is 16.8 Å². The van der Waals surface area contributed by atoms with Gasteiger partial charge in [0.2, 0.25) is 0 Å². The van der Waals surface area contributed by atoms with Crippen molar-refractivity contribution in [2.45, 2.75) is 129 Å². The second-order valence-electron chi connectivity index (χ2n) is 8.66. The van der Waals surface area contributed by atoms with Gasteiger partial charge in [-0.2, -0.15) is 0 Å². The molecule has 165 valence electrons. The van der Waals surface area contributed by atoms with Crippen LogP contribution >= 0.6 is 15.8 Å². The molecular formula is C24H50CoP2. The van der Waals surface area contributed by atoms with Crippen LogP contribution in [0, 0.1) is 0 Å². The van der Waals surface area contributed by atoms with Crippen molar-refractivity contribution in [2.24, 2.45) is 0 Å². The van der Waals surface area contributed by atoms with Crippen LogP contribution in [0.25, 0.3) is 0 Å². The fourth-order valence-corrected chi connectivity index (χ4v) is 11.4. The van der Waals surface area contributed by atoms with Crippen LogP contribution in [0.4, 0.5) is 0 Å². The van der Waals surface area contributed by atoms with E-state index in [1.54, 1.807) is 63.2 Å². The third-order valence-electron chi connectivity index (χ3n) is 6.38. The third kappa shape index (κ3) is 12.6. The van der Waals surface area contributed by atoms with Crippen LogP contribution in [-0.2, 0) is 16.8 Å². The summed E-state index contributed by atoms with van der Waals surface area (Å²) < 4.78 is 0. The largest absolute Gasteiger partial charge is 0.104 e. The van der Waals surface area contributed by atoms with Crippen molar-refractivity contribution >= 4 is 15.8 Å². The topological polar surface area (TPSA) is 0 Å². The molecular weight excluding hydrogens is 409 g/mol. The fraction of sp³-hybridized carbons (Fsp3) is 1.00. The van der Waals surface area contributed by atoms with E-state index in [1.165, 1.54) is 62.7 Å².